The van der Waals surface area contributed by atoms with E-state index in [4.69, 9.17) is 5.11 Å². The number of β-amino-alcohol motifs (C(OH)–C–C–N with tert-alkyl or cyclic N) is 1. The first-order chi connectivity index (χ1) is 8.50. The van der Waals surface area contributed by atoms with Gasteiger partial charge in [0.15, 0.2) is 0 Å². The molecule has 0 spiro atoms. The summed E-state index contributed by atoms with van der Waals surface area (Å²) in [7, 11) is 0. The van der Waals surface area contributed by atoms with Crippen molar-refractivity contribution in [2.24, 2.45) is 0 Å². The van der Waals surface area contributed by atoms with E-state index in [0.29, 0.717) is 4.60 Å². The van der Waals surface area contributed by atoms with E-state index in [1.807, 2.05) is 0 Å². The second-order valence-corrected chi connectivity index (χ2v) is 4.79. The van der Waals surface area contributed by atoms with Crippen LogP contribution in [-0.4, -0.2) is 50.7 Å². The van der Waals surface area contributed by atoms with Crippen LogP contribution in [0, 0.1) is 0 Å². The van der Waals surface area contributed by atoms with Crippen molar-refractivity contribution < 1.29 is 19.8 Å². The average molecular weight is 315 g/mol. The molecule has 2 N–H and O–H groups in total. The summed E-state index contributed by atoms with van der Waals surface area (Å²) in [6, 6.07) is 2.17. The van der Waals surface area contributed by atoms with E-state index >= 15 is 0 Å². The van der Waals surface area contributed by atoms with Crippen molar-refractivity contribution in [2.75, 3.05) is 6.54 Å². The van der Waals surface area contributed by atoms with Crippen molar-refractivity contribution in [3.63, 3.8) is 0 Å². The second kappa shape index (κ2) is 5.03. The molecule has 1 fully saturated rings. The molecule has 1 aromatic heterocycles. The summed E-state index contributed by atoms with van der Waals surface area (Å²) >= 11 is 3.15. The molecule has 0 radical (unpaired) electrons. The fraction of sp³-hybridized carbons (Fsp3) is 0.364. The summed E-state index contributed by atoms with van der Waals surface area (Å²) in [6.07, 6.45) is 0.776. The number of hydrogen-bond acceptors (Lipinski definition) is 4. The number of amides is 1. The van der Waals surface area contributed by atoms with E-state index in [1.54, 1.807) is 12.1 Å². The SMILES string of the molecule is O=C(O)[C@@H]1CC(O)CN1C(=O)c1cccnc1Br. The highest BCUT2D eigenvalue weighted by Gasteiger charge is 2.39. The Bertz CT molecular complexity index is 494. The Balaban J connectivity index is 2.28. The summed E-state index contributed by atoms with van der Waals surface area (Å²) < 4.78 is 0.362. The van der Waals surface area contributed by atoms with Crippen LogP contribution >= 0.6 is 15.9 Å². The molecule has 0 aromatic carbocycles. The Labute approximate surface area is 111 Å². The van der Waals surface area contributed by atoms with Crippen LogP contribution in [0.4, 0.5) is 0 Å². The maximum absolute atomic E-state index is 12.2. The molecule has 1 aliphatic rings. The van der Waals surface area contributed by atoms with Gasteiger partial charge < -0.3 is 15.1 Å². The fourth-order valence-corrected chi connectivity index (χ4v) is 2.39. The van der Waals surface area contributed by atoms with Gasteiger partial charge in [0.2, 0.25) is 0 Å². The number of rotatable bonds is 2. The number of carboxylic acid groups (broad SMARTS) is 1. The first-order valence-corrected chi connectivity index (χ1v) is 6.12. The molecule has 0 aliphatic carbocycles. The highest BCUT2D eigenvalue weighted by molar-refractivity contribution is 9.10. The van der Waals surface area contributed by atoms with Gasteiger partial charge in [-0.05, 0) is 28.1 Å². The lowest BCUT2D eigenvalue weighted by Crippen LogP contribution is -2.40. The Morgan fingerprint density at radius 1 is 1.50 bits per heavy atom. The standard InChI is InChI=1S/C11H11BrN2O4/c12-9-7(2-1-3-13-9)10(16)14-5-6(15)4-8(14)11(17)18/h1-3,6,8,15H,4-5H2,(H,17,18)/t6?,8-/m0/s1. The average Bonchev–Trinajstić information content (AvgIpc) is 2.71. The van der Waals surface area contributed by atoms with Crippen LogP contribution in [0.15, 0.2) is 22.9 Å². The van der Waals surface area contributed by atoms with E-state index < -0.39 is 24.0 Å². The Kier molecular flexibility index (Phi) is 3.63. The number of halogens is 1. The van der Waals surface area contributed by atoms with Gasteiger partial charge in [-0.2, -0.15) is 0 Å². The summed E-state index contributed by atoms with van der Waals surface area (Å²) in [5.74, 6) is -1.56. The molecule has 7 heteroatoms. The summed E-state index contributed by atoms with van der Waals surface area (Å²) in [5.41, 5.74) is 0.290. The van der Waals surface area contributed by atoms with Gasteiger partial charge in [-0.3, -0.25) is 4.79 Å². The quantitative estimate of drug-likeness (QED) is 0.776. The normalized spacial score (nSPS) is 23.1. The number of carboxylic acids is 1. The molecule has 1 aromatic rings. The van der Waals surface area contributed by atoms with Gasteiger partial charge in [-0.25, -0.2) is 9.78 Å². The van der Waals surface area contributed by atoms with E-state index in [0.717, 1.165) is 4.90 Å². The predicted molar refractivity (Wildman–Crippen MR) is 65.0 cm³/mol. The number of aliphatic hydroxyl groups excluding tert-OH is 1. The maximum atomic E-state index is 12.2. The Hall–Kier alpha value is -1.47. The first kappa shape index (κ1) is 13.0. The molecule has 6 nitrogen and oxygen atoms in total. The summed E-state index contributed by atoms with van der Waals surface area (Å²) in [5, 5.41) is 18.5. The van der Waals surface area contributed by atoms with Crippen LogP contribution in [0.1, 0.15) is 16.8 Å². The topological polar surface area (TPSA) is 90.7 Å². The number of likely N-dealkylation sites (tertiary alicyclic amines) is 1. The van der Waals surface area contributed by atoms with E-state index in [9.17, 15) is 14.7 Å². The first-order valence-electron chi connectivity index (χ1n) is 5.33. The number of nitrogens with zero attached hydrogens (tertiary/aromatic N) is 2. The highest BCUT2D eigenvalue weighted by atomic mass is 79.9. The zero-order valence-corrected chi connectivity index (χ0v) is 10.9. The lowest BCUT2D eigenvalue weighted by molar-refractivity contribution is -0.141. The molecule has 1 amide bonds. The fourth-order valence-electron chi connectivity index (χ4n) is 1.97. The largest absolute Gasteiger partial charge is 0.480 e. The molecule has 1 unspecified atom stereocenters. The molecule has 0 bridgehead atoms. The number of aliphatic carboxylic acids is 1. The molecule has 18 heavy (non-hydrogen) atoms. The van der Waals surface area contributed by atoms with Gasteiger partial charge >= 0.3 is 5.97 Å². The number of hydrogen-bond donors (Lipinski definition) is 2. The van der Waals surface area contributed by atoms with Crippen molar-refractivity contribution in [1.29, 1.82) is 0 Å². The zero-order chi connectivity index (χ0) is 13.3. The third kappa shape index (κ3) is 2.37. The van der Waals surface area contributed by atoms with E-state index in [1.165, 1.54) is 6.20 Å². The maximum Gasteiger partial charge on any atom is 0.326 e. The number of aliphatic hydroxyl groups is 1. The van der Waals surface area contributed by atoms with Gasteiger partial charge in [0.05, 0.1) is 11.7 Å². The molecule has 1 aliphatic heterocycles. The minimum Gasteiger partial charge on any atom is -0.480 e. The van der Waals surface area contributed by atoms with Crippen molar-refractivity contribution in [3.05, 3.63) is 28.5 Å². The van der Waals surface area contributed by atoms with Gasteiger partial charge in [0.1, 0.15) is 10.6 Å². The van der Waals surface area contributed by atoms with E-state index in [-0.39, 0.29) is 18.5 Å². The van der Waals surface area contributed by atoms with Gasteiger partial charge in [0.25, 0.3) is 5.91 Å². The number of carbonyl (C=O) groups excluding carboxylic acids is 1. The lowest BCUT2D eigenvalue weighted by atomic mass is 10.2. The van der Waals surface area contributed by atoms with Crippen LogP contribution in [0.25, 0.3) is 0 Å². The second-order valence-electron chi connectivity index (χ2n) is 4.04. The minimum atomic E-state index is -1.11. The number of carbonyl (C=O) groups is 2. The Morgan fingerprint density at radius 3 is 2.83 bits per heavy atom. The molecule has 2 rings (SSSR count). The lowest BCUT2D eigenvalue weighted by Gasteiger charge is -2.21. The summed E-state index contributed by atoms with van der Waals surface area (Å²) in [4.78, 5) is 28.3. The molecule has 2 atom stereocenters. The van der Waals surface area contributed by atoms with Gasteiger partial charge in [-0.1, -0.05) is 0 Å². The molecular formula is C11H11BrN2O4. The van der Waals surface area contributed by atoms with Crippen LogP contribution in [0.2, 0.25) is 0 Å². The van der Waals surface area contributed by atoms with Crippen molar-refractivity contribution in [1.82, 2.24) is 9.88 Å². The van der Waals surface area contributed by atoms with Crippen LogP contribution < -0.4 is 0 Å². The third-order valence-corrected chi connectivity index (χ3v) is 3.45. The minimum absolute atomic E-state index is 0.0249. The molecule has 0 saturated carbocycles. The predicted octanol–water partition coefficient (Wildman–Crippen LogP) is 0.504. The highest BCUT2D eigenvalue weighted by Crippen LogP contribution is 2.23. The smallest absolute Gasteiger partial charge is 0.326 e. The monoisotopic (exact) mass is 314 g/mol. The van der Waals surface area contributed by atoms with E-state index in [2.05, 4.69) is 20.9 Å². The van der Waals surface area contributed by atoms with Crippen LogP contribution in [0.5, 0.6) is 0 Å². The van der Waals surface area contributed by atoms with Gasteiger partial charge in [0, 0.05) is 19.2 Å². The molecular weight excluding hydrogens is 304 g/mol. The van der Waals surface area contributed by atoms with Crippen LogP contribution in [-0.2, 0) is 4.79 Å². The summed E-state index contributed by atoms with van der Waals surface area (Å²) in [6.45, 7) is 0.0249. The number of pyridine rings is 1. The van der Waals surface area contributed by atoms with Crippen molar-refractivity contribution in [3.8, 4) is 0 Å². The molecule has 1 saturated heterocycles. The van der Waals surface area contributed by atoms with Crippen molar-refractivity contribution in [2.45, 2.75) is 18.6 Å². The van der Waals surface area contributed by atoms with Crippen molar-refractivity contribution >= 4 is 27.8 Å². The Morgan fingerprint density at radius 2 is 2.22 bits per heavy atom. The third-order valence-electron chi connectivity index (χ3n) is 2.81. The number of aromatic nitrogens is 1. The van der Waals surface area contributed by atoms with Gasteiger partial charge in [-0.15, -0.1) is 0 Å². The molecule has 96 valence electrons. The van der Waals surface area contributed by atoms with Crippen LogP contribution in [0.3, 0.4) is 0 Å². The zero-order valence-electron chi connectivity index (χ0n) is 9.28. The molecule has 2 heterocycles.